The molecular weight excluding hydrogens is 438 g/mol. The second-order valence-corrected chi connectivity index (χ2v) is 11.0. The minimum Gasteiger partial charge on any atom is -0.332 e. The molecule has 3 rings (SSSR count). The Morgan fingerprint density at radius 3 is 2.33 bits per heavy atom. The first-order valence-electron chi connectivity index (χ1n) is 10.7. The fourth-order valence-electron chi connectivity index (χ4n) is 3.16. The SMILES string of the molecule is Cc1cccc(-n2nc(C(C)(C)C)cc2CNC(=O)Nc2ccc(CNS(C)(=O)=O)cc2)c1. The highest BCUT2D eigenvalue weighted by Gasteiger charge is 2.21. The third kappa shape index (κ3) is 7.16. The van der Waals surface area contributed by atoms with Crippen LogP contribution in [-0.2, 0) is 28.5 Å². The van der Waals surface area contributed by atoms with Crippen LogP contribution in [0.25, 0.3) is 5.69 Å². The van der Waals surface area contributed by atoms with Crippen LogP contribution in [0, 0.1) is 6.92 Å². The van der Waals surface area contributed by atoms with Crippen LogP contribution in [-0.4, -0.2) is 30.5 Å². The molecule has 9 heteroatoms. The summed E-state index contributed by atoms with van der Waals surface area (Å²) in [6.07, 6.45) is 1.11. The van der Waals surface area contributed by atoms with E-state index in [9.17, 15) is 13.2 Å². The van der Waals surface area contributed by atoms with Crippen molar-refractivity contribution in [1.29, 1.82) is 0 Å². The lowest BCUT2D eigenvalue weighted by molar-refractivity contribution is 0.251. The molecule has 33 heavy (non-hydrogen) atoms. The van der Waals surface area contributed by atoms with Crippen molar-refractivity contribution in [2.24, 2.45) is 0 Å². The zero-order chi connectivity index (χ0) is 24.2. The Bertz CT molecular complexity index is 1230. The van der Waals surface area contributed by atoms with Gasteiger partial charge in [0.25, 0.3) is 0 Å². The lowest BCUT2D eigenvalue weighted by Crippen LogP contribution is -2.29. The van der Waals surface area contributed by atoms with Crippen molar-refractivity contribution in [3.8, 4) is 5.69 Å². The predicted octanol–water partition coefficient (Wildman–Crippen LogP) is 3.85. The molecule has 3 aromatic rings. The quantitative estimate of drug-likeness (QED) is 0.489. The molecule has 0 aliphatic heterocycles. The Kier molecular flexibility index (Phi) is 7.24. The summed E-state index contributed by atoms with van der Waals surface area (Å²) in [5.41, 5.74) is 5.18. The van der Waals surface area contributed by atoms with E-state index in [2.05, 4.69) is 42.2 Å². The Balaban J connectivity index is 1.68. The third-order valence-electron chi connectivity index (χ3n) is 4.98. The van der Waals surface area contributed by atoms with Crippen LogP contribution in [0.4, 0.5) is 10.5 Å². The number of aryl methyl sites for hydroxylation is 1. The molecule has 0 aliphatic carbocycles. The van der Waals surface area contributed by atoms with E-state index in [0.29, 0.717) is 12.2 Å². The molecule has 0 bridgehead atoms. The van der Waals surface area contributed by atoms with Crippen LogP contribution >= 0.6 is 0 Å². The lowest BCUT2D eigenvalue weighted by Gasteiger charge is -2.14. The average Bonchev–Trinajstić information content (AvgIpc) is 3.16. The van der Waals surface area contributed by atoms with E-state index < -0.39 is 10.0 Å². The minimum absolute atomic E-state index is 0.125. The number of urea groups is 1. The molecule has 0 saturated carbocycles. The van der Waals surface area contributed by atoms with Crippen LogP contribution in [0.1, 0.15) is 43.3 Å². The number of nitrogens with zero attached hydrogens (tertiary/aromatic N) is 2. The smallest absolute Gasteiger partial charge is 0.319 e. The predicted molar refractivity (Wildman–Crippen MR) is 131 cm³/mol. The number of anilines is 1. The molecule has 1 aromatic heterocycles. The lowest BCUT2D eigenvalue weighted by atomic mass is 9.92. The molecule has 0 unspecified atom stereocenters. The molecular formula is C24H31N5O3S. The van der Waals surface area contributed by atoms with Gasteiger partial charge in [-0.2, -0.15) is 5.10 Å². The molecule has 3 N–H and O–H groups in total. The van der Waals surface area contributed by atoms with E-state index in [4.69, 9.17) is 5.10 Å². The van der Waals surface area contributed by atoms with Gasteiger partial charge >= 0.3 is 6.03 Å². The molecule has 0 saturated heterocycles. The number of carbonyl (C=O) groups is 1. The number of aromatic nitrogens is 2. The molecule has 0 radical (unpaired) electrons. The number of amides is 2. The van der Waals surface area contributed by atoms with Gasteiger partial charge in [0.2, 0.25) is 10.0 Å². The first-order valence-corrected chi connectivity index (χ1v) is 12.5. The Hall–Kier alpha value is -3.17. The molecule has 8 nitrogen and oxygen atoms in total. The van der Waals surface area contributed by atoms with Crippen molar-refractivity contribution in [1.82, 2.24) is 19.8 Å². The number of hydrogen-bond acceptors (Lipinski definition) is 4. The van der Waals surface area contributed by atoms with Gasteiger partial charge in [-0.1, -0.05) is 45.0 Å². The second kappa shape index (κ2) is 9.76. The molecule has 0 aliphatic rings. The highest BCUT2D eigenvalue weighted by atomic mass is 32.2. The highest BCUT2D eigenvalue weighted by molar-refractivity contribution is 7.88. The number of carbonyl (C=O) groups excluding carboxylic acids is 1. The van der Waals surface area contributed by atoms with E-state index in [1.165, 1.54) is 0 Å². The van der Waals surface area contributed by atoms with Crippen molar-refractivity contribution in [3.63, 3.8) is 0 Å². The van der Waals surface area contributed by atoms with Crippen LogP contribution in [0.2, 0.25) is 0 Å². The molecule has 176 valence electrons. The number of benzene rings is 2. The summed E-state index contributed by atoms with van der Waals surface area (Å²) in [7, 11) is -3.26. The topological polar surface area (TPSA) is 105 Å². The number of nitrogens with one attached hydrogen (secondary N) is 3. The van der Waals surface area contributed by atoms with Crippen molar-refractivity contribution >= 4 is 21.7 Å². The van der Waals surface area contributed by atoms with E-state index in [1.807, 2.05) is 35.9 Å². The first-order chi connectivity index (χ1) is 15.4. The van der Waals surface area contributed by atoms with E-state index in [1.54, 1.807) is 24.3 Å². The largest absolute Gasteiger partial charge is 0.332 e. The van der Waals surface area contributed by atoms with Gasteiger partial charge in [0.15, 0.2) is 0 Å². The maximum Gasteiger partial charge on any atom is 0.319 e. The summed E-state index contributed by atoms with van der Waals surface area (Å²) in [5, 5.41) is 10.5. The van der Waals surface area contributed by atoms with Gasteiger partial charge in [-0.15, -0.1) is 0 Å². The molecule has 1 heterocycles. The molecule has 0 atom stereocenters. The number of rotatable bonds is 7. The summed E-state index contributed by atoms with van der Waals surface area (Å²) in [5.74, 6) is 0. The second-order valence-electron chi connectivity index (χ2n) is 9.12. The summed E-state index contributed by atoms with van der Waals surface area (Å²) in [6, 6.07) is 16.7. The molecule has 2 amide bonds. The maximum atomic E-state index is 12.5. The first kappa shape index (κ1) is 24.5. The number of sulfonamides is 1. The van der Waals surface area contributed by atoms with Crippen molar-refractivity contribution in [2.45, 2.75) is 46.2 Å². The van der Waals surface area contributed by atoms with Crippen LogP contribution in [0.3, 0.4) is 0 Å². The van der Waals surface area contributed by atoms with Crippen LogP contribution < -0.4 is 15.4 Å². The standard InChI is InChI=1S/C24H31N5O3S/c1-17-7-6-8-20(13-17)29-21(14-22(28-29)24(2,3)4)16-25-23(30)27-19-11-9-18(10-12-19)15-26-33(5,31)32/h6-14,26H,15-16H2,1-5H3,(H2,25,27,30). The van der Waals surface area contributed by atoms with Crippen molar-refractivity contribution in [2.75, 3.05) is 11.6 Å². The van der Waals surface area contributed by atoms with Gasteiger partial charge < -0.3 is 10.6 Å². The molecule has 0 spiro atoms. The van der Waals surface area contributed by atoms with Crippen molar-refractivity contribution in [3.05, 3.63) is 77.1 Å². The van der Waals surface area contributed by atoms with Crippen LogP contribution in [0.15, 0.2) is 54.6 Å². The summed E-state index contributed by atoms with van der Waals surface area (Å²) < 4.78 is 26.7. The van der Waals surface area contributed by atoms with Gasteiger partial charge in [-0.25, -0.2) is 22.6 Å². The Morgan fingerprint density at radius 2 is 1.73 bits per heavy atom. The van der Waals surface area contributed by atoms with Gasteiger partial charge in [0, 0.05) is 17.6 Å². The molecule has 2 aromatic carbocycles. The maximum absolute atomic E-state index is 12.5. The van der Waals surface area contributed by atoms with Gasteiger partial charge in [-0.3, -0.25) is 0 Å². The summed E-state index contributed by atoms with van der Waals surface area (Å²) >= 11 is 0. The zero-order valence-corrected chi connectivity index (χ0v) is 20.5. The minimum atomic E-state index is -3.26. The van der Waals surface area contributed by atoms with Gasteiger partial charge in [0.05, 0.1) is 29.9 Å². The molecule has 0 fully saturated rings. The van der Waals surface area contributed by atoms with Crippen molar-refractivity contribution < 1.29 is 13.2 Å². The zero-order valence-electron chi connectivity index (χ0n) is 19.6. The third-order valence-corrected chi connectivity index (χ3v) is 5.65. The Morgan fingerprint density at radius 1 is 1.03 bits per heavy atom. The Labute approximate surface area is 195 Å². The van der Waals surface area contributed by atoms with Gasteiger partial charge in [-0.05, 0) is 48.4 Å². The summed E-state index contributed by atoms with van der Waals surface area (Å²) in [4.78, 5) is 12.5. The van der Waals surface area contributed by atoms with E-state index in [0.717, 1.165) is 34.5 Å². The average molecular weight is 470 g/mol. The monoisotopic (exact) mass is 469 g/mol. The fourth-order valence-corrected chi connectivity index (χ4v) is 3.59. The van der Waals surface area contributed by atoms with E-state index in [-0.39, 0.29) is 18.0 Å². The van der Waals surface area contributed by atoms with E-state index >= 15 is 0 Å². The van der Waals surface area contributed by atoms with Gasteiger partial charge in [0.1, 0.15) is 0 Å². The fraction of sp³-hybridized carbons (Fsp3) is 0.333. The normalized spacial score (nSPS) is 11.9. The highest BCUT2D eigenvalue weighted by Crippen LogP contribution is 2.24. The van der Waals surface area contributed by atoms with Crippen LogP contribution in [0.5, 0.6) is 0 Å². The number of hydrogen-bond donors (Lipinski definition) is 3. The summed E-state index contributed by atoms with van der Waals surface area (Å²) in [6.45, 7) is 8.86.